The Hall–Kier alpha value is -1.66. The van der Waals surface area contributed by atoms with Crippen molar-refractivity contribution in [2.45, 2.75) is 6.42 Å². The molecule has 0 radical (unpaired) electrons. The van der Waals surface area contributed by atoms with Gasteiger partial charge in [-0.15, -0.1) is 0 Å². The molecule has 0 fully saturated rings. The molecule has 0 saturated heterocycles. The van der Waals surface area contributed by atoms with Crippen molar-refractivity contribution in [2.75, 3.05) is 5.75 Å². The first-order chi connectivity index (χ1) is 9.96. The number of aryl methyl sites for hydroxylation is 1. The normalized spacial score (nSPS) is 11.9. The molecule has 21 heavy (non-hydrogen) atoms. The molecule has 2 aromatic rings. The van der Waals surface area contributed by atoms with Gasteiger partial charge >= 0.3 is 0 Å². The van der Waals surface area contributed by atoms with Crippen molar-refractivity contribution < 1.29 is 13.5 Å². The molecule has 4 nitrogen and oxygen atoms in total. The number of hydrogen-bond donors (Lipinski definition) is 1. The number of aromatic hydroxyl groups is 1. The Bertz CT molecular complexity index is 743. The van der Waals surface area contributed by atoms with Gasteiger partial charge < -0.3 is 5.11 Å². The van der Waals surface area contributed by atoms with E-state index < -0.39 is 10.0 Å². The van der Waals surface area contributed by atoms with Crippen LogP contribution in [0, 0.1) is 0 Å². The van der Waals surface area contributed by atoms with Crippen LogP contribution in [0.2, 0.25) is 0 Å². The zero-order valence-electron chi connectivity index (χ0n) is 11.1. The maximum atomic E-state index is 11.9. The third kappa shape index (κ3) is 4.99. The van der Waals surface area contributed by atoms with Crippen LogP contribution < -0.4 is 0 Å². The second kappa shape index (κ2) is 6.87. The molecule has 0 atom stereocenters. The predicted molar refractivity (Wildman–Crippen MR) is 87.3 cm³/mol. The molecule has 0 aliphatic heterocycles. The third-order valence-electron chi connectivity index (χ3n) is 2.83. The zero-order valence-corrected chi connectivity index (χ0v) is 13.5. The van der Waals surface area contributed by atoms with Gasteiger partial charge in [-0.25, -0.2) is 8.42 Å². The number of phenols is 1. The highest BCUT2D eigenvalue weighted by molar-refractivity contribution is 9.10. The minimum absolute atomic E-state index is 0.0137. The van der Waals surface area contributed by atoms with Crippen molar-refractivity contribution >= 4 is 32.2 Å². The summed E-state index contributed by atoms with van der Waals surface area (Å²) in [5, 5.41) is 9.63. The van der Waals surface area contributed by atoms with E-state index in [1.54, 1.807) is 12.1 Å². The first-order valence-electron chi connectivity index (χ1n) is 6.27. The minimum atomic E-state index is -3.56. The second-order valence-electron chi connectivity index (χ2n) is 4.46. The third-order valence-corrected chi connectivity index (χ3v) is 4.47. The molecule has 1 N–H and O–H groups in total. The molecule has 2 aromatic carbocycles. The molecular formula is C15H14BrNO3S. The van der Waals surface area contributed by atoms with Crippen LogP contribution in [0.5, 0.6) is 5.75 Å². The van der Waals surface area contributed by atoms with Crippen molar-refractivity contribution in [3.05, 3.63) is 64.1 Å². The fourth-order valence-electron chi connectivity index (χ4n) is 1.71. The van der Waals surface area contributed by atoms with Gasteiger partial charge in [0.25, 0.3) is 10.0 Å². The van der Waals surface area contributed by atoms with Crippen molar-refractivity contribution in [2.24, 2.45) is 4.40 Å². The molecule has 6 heteroatoms. The lowest BCUT2D eigenvalue weighted by atomic mass is 10.2. The summed E-state index contributed by atoms with van der Waals surface area (Å²) in [5.41, 5.74) is 1.30. The molecule has 0 amide bonds. The lowest BCUT2D eigenvalue weighted by molar-refractivity contribution is 0.474. The van der Waals surface area contributed by atoms with E-state index in [1.807, 2.05) is 30.3 Å². The summed E-state index contributed by atoms with van der Waals surface area (Å²) in [7, 11) is -3.56. The second-order valence-corrected chi connectivity index (χ2v) is 7.16. The Labute approximate surface area is 132 Å². The standard InChI is InChI=1S/C15H14BrNO3S/c16-14-6-7-15(18)13(10-14)11-17-21(19,20)9-8-12-4-2-1-3-5-12/h1-7,10-11,18H,8-9H2/b17-11+. The van der Waals surface area contributed by atoms with Gasteiger partial charge in [0.1, 0.15) is 5.75 Å². The average molecular weight is 368 g/mol. The van der Waals surface area contributed by atoms with Crippen LogP contribution in [0.1, 0.15) is 11.1 Å². The van der Waals surface area contributed by atoms with Crippen LogP contribution >= 0.6 is 15.9 Å². The summed E-state index contributed by atoms with van der Waals surface area (Å²) >= 11 is 3.26. The number of hydrogen-bond acceptors (Lipinski definition) is 3. The average Bonchev–Trinajstić information content (AvgIpc) is 2.47. The van der Waals surface area contributed by atoms with E-state index in [0.29, 0.717) is 12.0 Å². The van der Waals surface area contributed by atoms with Crippen LogP contribution in [-0.2, 0) is 16.4 Å². The van der Waals surface area contributed by atoms with Crippen LogP contribution in [-0.4, -0.2) is 25.5 Å². The van der Waals surface area contributed by atoms with Gasteiger partial charge in [0, 0.05) is 10.0 Å². The number of sulfonamides is 1. The molecule has 0 heterocycles. The van der Waals surface area contributed by atoms with E-state index in [1.165, 1.54) is 12.3 Å². The molecule has 2 rings (SSSR count). The van der Waals surface area contributed by atoms with E-state index >= 15 is 0 Å². The highest BCUT2D eigenvalue weighted by Crippen LogP contribution is 2.20. The van der Waals surface area contributed by atoms with Gasteiger partial charge in [-0.2, -0.15) is 4.40 Å². The van der Waals surface area contributed by atoms with E-state index in [2.05, 4.69) is 20.3 Å². The quantitative estimate of drug-likeness (QED) is 0.825. The number of nitrogens with zero attached hydrogens (tertiary/aromatic N) is 1. The van der Waals surface area contributed by atoms with Crippen molar-refractivity contribution in [1.29, 1.82) is 0 Å². The maximum absolute atomic E-state index is 11.9. The van der Waals surface area contributed by atoms with Crippen LogP contribution in [0.3, 0.4) is 0 Å². The Balaban J connectivity index is 2.07. The fraction of sp³-hybridized carbons (Fsp3) is 0.133. The van der Waals surface area contributed by atoms with Gasteiger partial charge in [-0.05, 0) is 30.2 Å². The molecule has 110 valence electrons. The number of halogens is 1. The van der Waals surface area contributed by atoms with Gasteiger partial charge in [0.05, 0.1) is 12.0 Å². The molecule has 0 aliphatic rings. The largest absolute Gasteiger partial charge is 0.507 e. The fourth-order valence-corrected chi connectivity index (χ4v) is 2.96. The summed E-state index contributed by atoms with van der Waals surface area (Å²) in [5.74, 6) is -0.0809. The SMILES string of the molecule is O=S(=O)(CCc1ccccc1)/N=C/c1cc(Br)ccc1O. The van der Waals surface area contributed by atoms with Crippen LogP contribution in [0.15, 0.2) is 57.4 Å². The summed E-state index contributed by atoms with van der Waals surface area (Å²) in [4.78, 5) is 0. The molecule has 0 aliphatic carbocycles. The molecule has 0 spiro atoms. The van der Waals surface area contributed by atoms with Gasteiger partial charge in [0.15, 0.2) is 0 Å². The van der Waals surface area contributed by atoms with Crippen molar-refractivity contribution in [3.8, 4) is 5.75 Å². The van der Waals surface area contributed by atoms with E-state index in [0.717, 1.165) is 10.0 Å². The Morgan fingerprint density at radius 2 is 1.86 bits per heavy atom. The first-order valence-corrected chi connectivity index (χ1v) is 8.67. The number of phenolic OH excluding ortho intramolecular Hbond substituents is 1. The van der Waals surface area contributed by atoms with Crippen LogP contribution in [0.4, 0.5) is 0 Å². The maximum Gasteiger partial charge on any atom is 0.253 e. The van der Waals surface area contributed by atoms with E-state index in [-0.39, 0.29) is 11.5 Å². The highest BCUT2D eigenvalue weighted by Gasteiger charge is 2.08. The number of rotatable bonds is 5. The topological polar surface area (TPSA) is 66.7 Å². The summed E-state index contributed by atoms with van der Waals surface area (Å²) in [6, 6.07) is 14.1. The van der Waals surface area contributed by atoms with E-state index in [4.69, 9.17) is 0 Å². The van der Waals surface area contributed by atoms with Crippen molar-refractivity contribution in [3.63, 3.8) is 0 Å². The Kier molecular flexibility index (Phi) is 5.14. The summed E-state index contributed by atoms with van der Waals surface area (Å²) in [6.07, 6.45) is 1.57. The Morgan fingerprint density at radius 1 is 1.14 bits per heavy atom. The smallest absolute Gasteiger partial charge is 0.253 e. The first kappa shape index (κ1) is 15.7. The molecule has 0 saturated carbocycles. The number of benzene rings is 2. The van der Waals surface area contributed by atoms with Crippen molar-refractivity contribution in [1.82, 2.24) is 0 Å². The monoisotopic (exact) mass is 367 g/mol. The molecule has 0 unspecified atom stereocenters. The van der Waals surface area contributed by atoms with Gasteiger partial charge in [0.2, 0.25) is 0 Å². The Morgan fingerprint density at radius 3 is 2.57 bits per heavy atom. The van der Waals surface area contributed by atoms with Gasteiger partial charge in [-0.1, -0.05) is 46.3 Å². The molecular weight excluding hydrogens is 354 g/mol. The minimum Gasteiger partial charge on any atom is -0.507 e. The molecule has 0 bridgehead atoms. The zero-order chi connectivity index (χ0) is 15.3. The predicted octanol–water partition coefficient (Wildman–Crippen LogP) is 3.15. The summed E-state index contributed by atoms with van der Waals surface area (Å²) < 4.78 is 28.1. The molecule has 0 aromatic heterocycles. The lowest BCUT2D eigenvalue weighted by Gasteiger charge is -2.01. The van der Waals surface area contributed by atoms with Gasteiger partial charge in [-0.3, -0.25) is 0 Å². The highest BCUT2D eigenvalue weighted by atomic mass is 79.9. The lowest BCUT2D eigenvalue weighted by Crippen LogP contribution is -2.06. The summed E-state index contributed by atoms with van der Waals surface area (Å²) in [6.45, 7) is 0. The van der Waals surface area contributed by atoms with E-state index in [9.17, 15) is 13.5 Å². The van der Waals surface area contributed by atoms with Crippen LogP contribution in [0.25, 0.3) is 0 Å².